The minimum atomic E-state index is -0.940. The molecule has 0 aliphatic rings. The van der Waals surface area contributed by atoms with Crippen molar-refractivity contribution in [3.63, 3.8) is 0 Å². The van der Waals surface area contributed by atoms with Gasteiger partial charge in [0.2, 0.25) is 17.7 Å². The largest absolute Gasteiger partial charge is 0.496 e. The molecule has 10 heteroatoms. The van der Waals surface area contributed by atoms with Gasteiger partial charge < -0.3 is 31.8 Å². The number of nitrogens with two attached hydrogens (primary N) is 2. The van der Waals surface area contributed by atoms with E-state index in [4.69, 9.17) is 16.2 Å². The summed E-state index contributed by atoms with van der Waals surface area (Å²) in [5.74, 6) is -0.618. The van der Waals surface area contributed by atoms with E-state index in [1.165, 1.54) is 0 Å². The molecule has 1 aromatic carbocycles. The average Bonchev–Trinajstić information content (AvgIpc) is 3.25. The summed E-state index contributed by atoms with van der Waals surface area (Å²) in [6.07, 6.45) is 2.51. The molecule has 2 aromatic rings. The van der Waals surface area contributed by atoms with Crippen molar-refractivity contribution in [3.8, 4) is 17.0 Å². The van der Waals surface area contributed by atoms with Crippen LogP contribution in [0.5, 0.6) is 5.75 Å². The van der Waals surface area contributed by atoms with Gasteiger partial charge in [0.1, 0.15) is 17.8 Å². The van der Waals surface area contributed by atoms with Gasteiger partial charge in [-0.2, -0.15) is 0 Å². The number of ether oxygens (including phenoxy) is 1. The molecule has 3 amide bonds. The molecule has 7 N–H and O–H groups in total. The normalized spacial score (nSPS) is 13.8. The van der Waals surface area contributed by atoms with Crippen LogP contribution in [-0.2, 0) is 20.8 Å². The molecule has 1 heterocycles. The van der Waals surface area contributed by atoms with Gasteiger partial charge in [0.25, 0.3) is 0 Å². The molecule has 3 atom stereocenters. The number of hydrogen-bond donors (Lipinski definition) is 5. The molecule has 198 valence electrons. The van der Waals surface area contributed by atoms with Crippen LogP contribution in [0.25, 0.3) is 11.3 Å². The second-order valence-electron chi connectivity index (χ2n) is 10.0. The first-order chi connectivity index (χ1) is 16.9. The summed E-state index contributed by atoms with van der Waals surface area (Å²) in [6.45, 7) is 9.73. The number of imidazole rings is 1. The summed E-state index contributed by atoms with van der Waals surface area (Å²) in [5, 5.41) is 5.45. The molecule has 0 fully saturated rings. The third-order valence-corrected chi connectivity index (χ3v) is 5.80. The molecular weight excluding hydrogens is 460 g/mol. The molecule has 0 aliphatic heterocycles. The van der Waals surface area contributed by atoms with Gasteiger partial charge >= 0.3 is 0 Å². The highest BCUT2D eigenvalue weighted by Gasteiger charge is 2.29. The van der Waals surface area contributed by atoms with Crippen molar-refractivity contribution >= 4 is 17.7 Å². The standard InChI is InChI=1S/C26H40N6O4/c1-14(2)9-20(24(28)33)31-26(35)21(10-15(3)4)32-25(34)18(27)12-19-23(30-13-29-19)17-11-16(5)7-8-22(17)36-6/h7-8,11,13-15,18,20-21H,9-10,12,27H2,1-6H3,(H2,28,33)(H,29,30)(H,31,35)(H,32,34)/t18-,20-,21-/m0/s1. The molecular formula is C26H40N6O4. The van der Waals surface area contributed by atoms with E-state index >= 15 is 0 Å². The third-order valence-electron chi connectivity index (χ3n) is 5.80. The second-order valence-corrected chi connectivity index (χ2v) is 10.0. The lowest BCUT2D eigenvalue weighted by Crippen LogP contribution is -2.56. The van der Waals surface area contributed by atoms with Crippen LogP contribution >= 0.6 is 0 Å². The van der Waals surface area contributed by atoms with E-state index in [9.17, 15) is 14.4 Å². The maximum absolute atomic E-state index is 13.0. The summed E-state index contributed by atoms with van der Waals surface area (Å²) in [6, 6.07) is 3.16. The van der Waals surface area contributed by atoms with Gasteiger partial charge in [0, 0.05) is 17.7 Å². The first-order valence-corrected chi connectivity index (χ1v) is 12.3. The fourth-order valence-corrected chi connectivity index (χ4v) is 4.00. The number of hydrogen-bond acceptors (Lipinski definition) is 6. The van der Waals surface area contributed by atoms with Crippen molar-refractivity contribution in [1.82, 2.24) is 20.6 Å². The number of H-pyrrole nitrogens is 1. The Balaban J connectivity index is 2.16. The maximum Gasteiger partial charge on any atom is 0.243 e. The van der Waals surface area contributed by atoms with Crippen molar-refractivity contribution in [1.29, 1.82) is 0 Å². The van der Waals surface area contributed by atoms with Crippen LogP contribution in [0.4, 0.5) is 0 Å². The Kier molecular flexibility index (Phi) is 10.5. The zero-order valence-electron chi connectivity index (χ0n) is 22.1. The number of carbonyl (C=O) groups excluding carboxylic acids is 3. The minimum absolute atomic E-state index is 0.113. The van der Waals surface area contributed by atoms with Crippen LogP contribution < -0.4 is 26.8 Å². The van der Waals surface area contributed by atoms with Crippen molar-refractivity contribution in [2.45, 2.75) is 72.0 Å². The molecule has 1 aromatic heterocycles. The van der Waals surface area contributed by atoms with E-state index in [0.29, 0.717) is 30.0 Å². The van der Waals surface area contributed by atoms with Crippen molar-refractivity contribution < 1.29 is 19.1 Å². The molecule has 10 nitrogen and oxygen atoms in total. The number of amides is 3. The van der Waals surface area contributed by atoms with Crippen LogP contribution in [0.1, 0.15) is 51.8 Å². The van der Waals surface area contributed by atoms with Gasteiger partial charge in [-0.05, 0) is 43.7 Å². The maximum atomic E-state index is 13.0. The Hall–Kier alpha value is -3.40. The number of nitrogens with one attached hydrogen (secondary N) is 3. The number of nitrogens with zero attached hydrogens (tertiary/aromatic N) is 1. The molecule has 0 aliphatic carbocycles. The number of methoxy groups -OCH3 is 1. The molecule has 36 heavy (non-hydrogen) atoms. The Labute approximate surface area is 212 Å². The molecule has 0 saturated heterocycles. The van der Waals surface area contributed by atoms with E-state index in [0.717, 1.165) is 11.1 Å². The Morgan fingerprint density at radius 2 is 1.64 bits per heavy atom. The Morgan fingerprint density at radius 1 is 1.03 bits per heavy atom. The highest BCUT2D eigenvalue weighted by atomic mass is 16.5. The van der Waals surface area contributed by atoms with Gasteiger partial charge in [0.05, 0.1) is 25.2 Å². The predicted molar refractivity (Wildman–Crippen MR) is 139 cm³/mol. The smallest absolute Gasteiger partial charge is 0.243 e. The molecule has 0 unspecified atom stereocenters. The molecule has 2 rings (SSSR count). The topological polar surface area (TPSA) is 165 Å². The van der Waals surface area contributed by atoms with E-state index in [2.05, 4.69) is 20.6 Å². The number of aromatic nitrogens is 2. The summed E-state index contributed by atoms with van der Waals surface area (Å²) in [4.78, 5) is 45.3. The van der Waals surface area contributed by atoms with Gasteiger partial charge in [-0.15, -0.1) is 0 Å². The SMILES string of the molecule is COc1ccc(C)cc1-c1nc[nH]c1C[C@H](N)C(=O)N[C@@H](CC(C)C)C(=O)N[C@@H](CC(C)C)C(N)=O. The summed E-state index contributed by atoms with van der Waals surface area (Å²) in [7, 11) is 1.59. The van der Waals surface area contributed by atoms with Crippen molar-refractivity contribution in [3.05, 3.63) is 35.8 Å². The number of primary amides is 1. The van der Waals surface area contributed by atoms with E-state index in [-0.39, 0.29) is 18.3 Å². The minimum Gasteiger partial charge on any atom is -0.496 e. The van der Waals surface area contributed by atoms with Crippen LogP contribution in [0.15, 0.2) is 24.5 Å². The zero-order chi connectivity index (χ0) is 27.0. The lowest BCUT2D eigenvalue weighted by molar-refractivity contribution is -0.132. The van der Waals surface area contributed by atoms with E-state index < -0.39 is 35.8 Å². The number of aromatic amines is 1. The first kappa shape index (κ1) is 28.8. The fourth-order valence-electron chi connectivity index (χ4n) is 4.00. The number of aryl methyl sites for hydroxylation is 1. The number of benzene rings is 1. The van der Waals surface area contributed by atoms with Gasteiger partial charge in [-0.1, -0.05) is 39.3 Å². The monoisotopic (exact) mass is 500 g/mol. The number of carbonyl (C=O) groups is 3. The predicted octanol–water partition coefficient (Wildman–Crippen LogP) is 1.81. The van der Waals surface area contributed by atoms with Gasteiger partial charge in [0.15, 0.2) is 0 Å². The summed E-state index contributed by atoms with van der Waals surface area (Å²) >= 11 is 0. The first-order valence-electron chi connectivity index (χ1n) is 12.3. The van der Waals surface area contributed by atoms with Crippen molar-refractivity contribution in [2.75, 3.05) is 7.11 Å². The third kappa shape index (κ3) is 8.08. The van der Waals surface area contributed by atoms with E-state index in [1.54, 1.807) is 13.4 Å². The van der Waals surface area contributed by atoms with Crippen LogP contribution in [0.3, 0.4) is 0 Å². The molecule has 0 spiro atoms. The van der Waals surface area contributed by atoms with Crippen LogP contribution in [0.2, 0.25) is 0 Å². The van der Waals surface area contributed by atoms with Gasteiger partial charge in [-0.25, -0.2) is 4.98 Å². The lowest BCUT2D eigenvalue weighted by Gasteiger charge is -2.25. The van der Waals surface area contributed by atoms with Crippen molar-refractivity contribution in [2.24, 2.45) is 23.3 Å². The number of rotatable bonds is 13. The van der Waals surface area contributed by atoms with Gasteiger partial charge in [-0.3, -0.25) is 14.4 Å². The molecule has 0 saturated carbocycles. The highest BCUT2D eigenvalue weighted by Crippen LogP contribution is 2.31. The lowest BCUT2D eigenvalue weighted by atomic mass is 9.99. The summed E-state index contributed by atoms with van der Waals surface area (Å²) in [5.41, 5.74) is 14.9. The van der Waals surface area contributed by atoms with Crippen LogP contribution in [0, 0.1) is 18.8 Å². The zero-order valence-corrected chi connectivity index (χ0v) is 22.1. The van der Waals surface area contributed by atoms with E-state index in [1.807, 2.05) is 52.8 Å². The Bertz CT molecular complexity index is 1050. The summed E-state index contributed by atoms with van der Waals surface area (Å²) < 4.78 is 5.48. The fraction of sp³-hybridized carbons (Fsp3) is 0.538. The van der Waals surface area contributed by atoms with Crippen LogP contribution in [-0.4, -0.2) is 52.9 Å². The Morgan fingerprint density at radius 3 is 2.22 bits per heavy atom. The quantitative estimate of drug-likeness (QED) is 0.281. The molecule has 0 radical (unpaired) electrons. The highest BCUT2D eigenvalue weighted by molar-refractivity contribution is 5.92. The molecule has 0 bridgehead atoms. The average molecular weight is 501 g/mol. The second kappa shape index (κ2) is 13.1.